The van der Waals surface area contributed by atoms with Gasteiger partial charge in [-0.15, -0.1) is 0 Å². The monoisotopic (exact) mass is 883 g/mol. The average Bonchev–Trinajstić information content (AvgIpc) is 3.28. The number of carbonyl (C=O) groups is 3. The van der Waals surface area contributed by atoms with Crippen LogP contribution in [0.25, 0.3) is 0 Å². The van der Waals surface area contributed by atoms with Gasteiger partial charge in [0.1, 0.15) is 13.2 Å². The summed E-state index contributed by atoms with van der Waals surface area (Å²) in [5, 5.41) is 0. The Morgan fingerprint density at radius 1 is 0.317 bits per heavy atom. The molecule has 0 rings (SSSR count). The van der Waals surface area contributed by atoms with Crippen molar-refractivity contribution in [3.05, 3.63) is 48.6 Å². The summed E-state index contributed by atoms with van der Waals surface area (Å²) in [4.78, 5) is 37.9. The maximum absolute atomic E-state index is 12.8. The SMILES string of the molecule is CCCCCC/C=C\CCCCCCCC(=O)OC(COC(=O)CCCCCCCCCCC)COC(=O)CCCCCCCCCC/C=C\C/C=C\C/C=C\CCCCCCC. The molecular formula is C57H102O6. The van der Waals surface area contributed by atoms with E-state index in [1.54, 1.807) is 0 Å². The molecule has 0 saturated carbocycles. The number of carbonyl (C=O) groups excluding carboxylic acids is 3. The van der Waals surface area contributed by atoms with Crippen LogP contribution >= 0.6 is 0 Å². The molecule has 0 bridgehead atoms. The third-order valence-corrected chi connectivity index (χ3v) is 11.8. The first-order valence-corrected chi connectivity index (χ1v) is 27.1. The molecule has 0 aliphatic heterocycles. The molecule has 0 aliphatic rings. The van der Waals surface area contributed by atoms with Crippen LogP contribution in [-0.4, -0.2) is 37.2 Å². The molecule has 0 aliphatic carbocycles. The topological polar surface area (TPSA) is 78.9 Å². The van der Waals surface area contributed by atoms with Gasteiger partial charge in [-0.25, -0.2) is 0 Å². The summed E-state index contributed by atoms with van der Waals surface area (Å²) in [6.07, 6.45) is 62.5. The van der Waals surface area contributed by atoms with Gasteiger partial charge in [-0.1, -0.05) is 223 Å². The number of allylic oxidation sites excluding steroid dienone is 8. The first-order valence-electron chi connectivity index (χ1n) is 27.1. The maximum atomic E-state index is 12.8. The Morgan fingerprint density at radius 2 is 0.571 bits per heavy atom. The van der Waals surface area contributed by atoms with Crippen LogP contribution in [0.3, 0.4) is 0 Å². The van der Waals surface area contributed by atoms with Crippen molar-refractivity contribution in [1.82, 2.24) is 0 Å². The Labute approximate surface area is 390 Å². The number of hydrogen-bond donors (Lipinski definition) is 0. The van der Waals surface area contributed by atoms with Gasteiger partial charge in [0.2, 0.25) is 0 Å². The molecule has 6 heteroatoms. The summed E-state index contributed by atoms with van der Waals surface area (Å²) in [6, 6.07) is 0. The predicted octanol–water partition coefficient (Wildman–Crippen LogP) is 17.9. The van der Waals surface area contributed by atoms with Crippen molar-refractivity contribution in [1.29, 1.82) is 0 Å². The number of unbranched alkanes of at least 4 members (excludes halogenated alkanes) is 30. The molecule has 0 amide bonds. The van der Waals surface area contributed by atoms with E-state index >= 15 is 0 Å². The number of hydrogen-bond acceptors (Lipinski definition) is 6. The molecule has 63 heavy (non-hydrogen) atoms. The van der Waals surface area contributed by atoms with Crippen LogP contribution in [0, 0.1) is 0 Å². The lowest BCUT2D eigenvalue weighted by Crippen LogP contribution is -2.30. The van der Waals surface area contributed by atoms with E-state index in [9.17, 15) is 14.4 Å². The largest absolute Gasteiger partial charge is 0.462 e. The maximum Gasteiger partial charge on any atom is 0.306 e. The quantitative estimate of drug-likeness (QED) is 0.0262. The van der Waals surface area contributed by atoms with E-state index in [4.69, 9.17) is 14.2 Å². The number of rotatable bonds is 49. The molecule has 0 heterocycles. The second kappa shape index (κ2) is 52.0. The van der Waals surface area contributed by atoms with Crippen LogP contribution in [0.5, 0.6) is 0 Å². The lowest BCUT2D eigenvalue weighted by atomic mass is 10.1. The van der Waals surface area contributed by atoms with Gasteiger partial charge in [0.25, 0.3) is 0 Å². The van der Waals surface area contributed by atoms with Crippen molar-refractivity contribution in [3.8, 4) is 0 Å². The van der Waals surface area contributed by atoms with E-state index in [1.165, 1.54) is 148 Å². The normalized spacial score (nSPS) is 12.4. The highest BCUT2D eigenvalue weighted by Crippen LogP contribution is 2.15. The van der Waals surface area contributed by atoms with Gasteiger partial charge in [0.15, 0.2) is 6.10 Å². The van der Waals surface area contributed by atoms with E-state index in [-0.39, 0.29) is 31.1 Å². The van der Waals surface area contributed by atoms with Crippen LogP contribution in [-0.2, 0) is 28.6 Å². The Bertz CT molecular complexity index is 1110. The molecule has 366 valence electrons. The zero-order valence-corrected chi connectivity index (χ0v) is 41.8. The molecule has 0 spiro atoms. The lowest BCUT2D eigenvalue weighted by molar-refractivity contribution is -0.167. The highest BCUT2D eigenvalue weighted by molar-refractivity contribution is 5.71. The predicted molar refractivity (Wildman–Crippen MR) is 270 cm³/mol. The summed E-state index contributed by atoms with van der Waals surface area (Å²) < 4.78 is 16.8. The fourth-order valence-corrected chi connectivity index (χ4v) is 7.68. The highest BCUT2D eigenvalue weighted by Gasteiger charge is 2.19. The van der Waals surface area contributed by atoms with Gasteiger partial charge in [0.05, 0.1) is 0 Å². The van der Waals surface area contributed by atoms with Crippen molar-refractivity contribution in [2.45, 2.75) is 284 Å². The number of ether oxygens (including phenoxy) is 3. The molecule has 1 unspecified atom stereocenters. The molecule has 0 aromatic carbocycles. The summed E-state index contributed by atoms with van der Waals surface area (Å²) in [7, 11) is 0. The third-order valence-electron chi connectivity index (χ3n) is 11.8. The van der Waals surface area contributed by atoms with Crippen molar-refractivity contribution in [2.75, 3.05) is 13.2 Å². The van der Waals surface area contributed by atoms with Crippen molar-refractivity contribution in [3.63, 3.8) is 0 Å². The van der Waals surface area contributed by atoms with Gasteiger partial charge in [-0.05, 0) is 83.5 Å². The van der Waals surface area contributed by atoms with Gasteiger partial charge in [-0.3, -0.25) is 14.4 Å². The Hall–Kier alpha value is -2.63. The molecule has 0 fully saturated rings. The van der Waals surface area contributed by atoms with Crippen molar-refractivity contribution >= 4 is 17.9 Å². The first kappa shape index (κ1) is 60.4. The van der Waals surface area contributed by atoms with Gasteiger partial charge in [0, 0.05) is 19.3 Å². The van der Waals surface area contributed by atoms with Crippen LogP contribution < -0.4 is 0 Å². The van der Waals surface area contributed by atoms with Crippen LogP contribution in [0.1, 0.15) is 278 Å². The first-order chi connectivity index (χ1) is 31.0. The smallest absolute Gasteiger partial charge is 0.306 e. The zero-order chi connectivity index (χ0) is 45.8. The summed E-state index contributed by atoms with van der Waals surface area (Å²) in [6.45, 7) is 6.59. The third kappa shape index (κ3) is 50.2. The minimum Gasteiger partial charge on any atom is -0.462 e. The molecular weight excluding hydrogens is 781 g/mol. The number of esters is 3. The van der Waals surface area contributed by atoms with E-state index in [0.717, 1.165) is 89.9 Å². The lowest BCUT2D eigenvalue weighted by Gasteiger charge is -2.18. The molecule has 0 aromatic heterocycles. The minimum absolute atomic E-state index is 0.0769. The molecule has 0 N–H and O–H groups in total. The van der Waals surface area contributed by atoms with Crippen molar-refractivity contribution < 1.29 is 28.6 Å². The fourth-order valence-electron chi connectivity index (χ4n) is 7.68. The van der Waals surface area contributed by atoms with Gasteiger partial charge < -0.3 is 14.2 Å². The zero-order valence-electron chi connectivity index (χ0n) is 41.8. The van der Waals surface area contributed by atoms with Gasteiger partial charge >= 0.3 is 17.9 Å². The molecule has 0 radical (unpaired) electrons. The molecule has 0 saturated heterocycles. The highest BCUT2D eigenvalue weighted by atomic mass is 16.6. The van der Waals surface area contributed by atoms with Crippen LogP contribution in [0.15, 0.2) is 48.6 Å². The molecule has 0 aromatic rings. The Kier molecular flexibility index (Phi) is 49.8. The van der Waals surface area contributed by atoms with Crippen LogP contribution in [0.4, 0.5) is 0 Å². The second-order valence-electron chi connectivity index (χ2n) is 18.1. The minimum atomic E-state index is -0.776. The Morgan fingerprint density at radius 3 is 0.921 bits per heavy atom. The van der Waals surface area contributed by atoms with E-state index in [0.29, 0.717) is 19.3 Å². The van der Waals surface area contributed by atoms with Crippen LogP contribution in [0.2, 0.25) is 0 Å². The van der Waals surface area contributed by atoms with E-state index in [2.05, 4.69) is 69.4 Å². The molecule has 1 atom stereocenters. The van der Waals surface area contributed by atoms with E-state index in [1.807, 2.05) is 0 Å². The summed E-state index contributed by atoms with van der Waals surface area (Å²) >= 11 is 0. The summed E-state index contributed by atoms with van der Waals surface area (Å²) in [5.41, 5.74) is 0. The van der Waals surface area contributed by atoms with E-state index < -0.39 is 6.10 Å². The second-order valence-corrected chi connectivity index (χ2v) is 18.1. The van der Waals surface area contributed by atoms with Gasteiger partial charge in [-0.2, -0.15) is 0 Å². The summed E-state index contributed by atoms with van der Waals surface area (Å²) in [5.74, 6) is -0.888. The molecule has 6 nitrogen and oxygen atoms in total. The average molecular weight is 883 g/mol. The fraction of sp³-hybridized carbons (Fsp3) is 0.807. The standard InChI is InChI=1S/C57H102O6/c1-4-7-10-13-16-19-21-23-24-25-26-27-28-29-30-31-32-34-35-38-41-44-47-50-56(59)62-53-54(52-61-55(58)49-46-43-40-37-18-15-12-9-6-3)63-57(60)51-48-45-42-39-36-33-22-20-17-14-11-8-5-2/h20-23,25-26,28-29,54H,4-19,24,27,30-53H2,1-3H3/b22-20-,23-21-,26-25-,29-28-. The Balaban J connectivity index is 4.25. The van der Waals surface area contributed by atoms with Crippen molar-refractivity contribution in [2.24, 2.45) is 0 Å².